The number of amides is 2. The van der Waals surface area contributed by atoms with Crippen LogP contribution < -0.4 is 15.5 Å². The summed E-state index contributed by atoms with van der Waals surface area (Å²) in [6.07, 6.45) is 3.22. The van der Waals surface area contributed by atoms with Gasteiger partial charge in [0.15, 0.2) is 0 Å². The molecule has 1 unspecified atom stereocenters. The van der Waals surface area contributed by atoms with Crippen molar-refractivity contribution in [3.63, 3.8) is 0 Å². The third kappa shape index (κ3) is 4.95. The van der Waals surface area contributed by atoms with Crippen molar-refractivity contribution in [3.8, 4) is 0 Å². The molecular weight excluding hydrogens is 345 g/mol. The fraction of sp³-hybridized carbons (Fsp3) is 0.400. The molecular formula is C20H26FN5O. The van der Waals surface area contributed by atoms with Gasteiger partial charge in [-0.15, -0.1) is 0 Å². The number of rotatable bonds is 5. The van der Waals surface area contributed by atoms with E-state index in [9.17, 15) is 9.18 Å². The summed E-state index contributed by atoms with van der Waals surface area (Å²) >= 11 is 0. The van der Waals surface area contributed by atoms with Crippen LogP contribution in [-0.4, -0.2) is 48.6 Å². The number of pyridine rings is 1. The van der Waals surface area contributed by atoms with Crippen LogP contribution in [0.5, 0.6) is 0 Å². The number of likely N-dealkylation sites (N-methyl/N-ethyl adjacent to an activating group) is 1. The number of piperazine rings is 1. The number of nitrogens with zero attached hydrogens (tertiary/aromatic N) is 3. The lowest BCUT2D eigenvalue weighted by Gasteiger charge is -2.37. The predicted molar refractivity (Wildman–Crippen MR) is 106 cm³/mol. The Balaban J connectivity index is 1.71. The van der Waals surface area contributed by atoms with Crippen molar-refractivity contribution in [2.24, 2.45) is 0 Å². The average molecular weight is 371 g/mol. The first kappa shape index (κ1) is 19.1. The van der Waals surface area contributed by atoms with Gasteiger partial charge in [0.25, 0.3) is 0 Å². The molecule has 27 heavy (non-hydrogen) atoms. The monoisotopic (exact) mass is 371 g/mol. The third-order valence-corrected chi connectivity index (χ3v) is 4.88. The Labute approximate surface area is 159 Å². The fourth-order valence-electron chi connectivity index (χ4n) is 3.34. The van der Waals surface area contributed by atoms with Gasteiger partial charge in [0.05, 0.1) is 17.9 Å². The summed E-state index contributed by atoms with van der Waals surface area (Å²) in [6, 6.07) is 7.63. The average Bonchev–Trinajstić information content (AvgIpc) is 2.68. The van der Waals surface area contributed by atoms with Crippen LogP contribution in [0.15, 0.2) is 42.7 Å². The Morgan fingerprint density at radius 3 is 2.70 bits per heavy atom. The minimum atomic E-state index is -0.346. The summed E-state index contributed by atoms with van der Waals surface area (Å²) in [5, 5.41) is 5.63. The zero-order valence-corrected chi connectivity index (χ0v) is 15.8. The van der Waals surface area contributed by atoms with Crippen molar-refractivity contribution >= 4 is 17.4 Å². The van der Waals surface area contributed by atoms with Gasteiger partial charge in [0.1, 0.15) is 5.82 Å². The van der Waals surface area contributed by atoms with Gasteiger partial charge in [-0.1, -0.05) is 6.92 Å². The second kappa shape index (κ2) is 8.81. The van der Waals surface area contributed by atoms with Gasteiger partial charge in [0.2, 0.25) is 0 Å². The number of hydrogen-bond donors (Lipinski definition) is 2. The van der Waals surface area contributed by atoms with Crippen LogP contribution in [0.4, 0.5) is 20.6 Å². The van der Waals surface area contributed by atoms with Gasteiger partial charge in [-0.25, -0.2) is 9.18 Å². The Morgan fingerprint density at radius 1 is 1.26 bits per heavy atom. The van der Waals surface area contributed by atoms with Crippen molar-refractivity contribution in [1.82, 2.24) is 15.2 Å². The lowest BCUT2D eigenvalue weighted by molar-refractivity contribution is 0.249. The van der Waals surface area contributed by atoms with E-state index < -0.39 is 0 Å². The van der Waals surface area contributed by atoms with Crippen LogP contribution in [0.1, 0.15) is 25.5 Å². The van der Waals surface area contributed by atoms with Crippen LogP contribution >= 0.6 is 0 Å². The van der Waals surface area contributed by atoms with Crippen LogP contribution in [0.3, 0.4) is 0 Å². The molecule has 0 aliphatic carbocycles. The molecule has 7 heteroatoms. The van der Waals surface area contributed by atoms with E-state index in [2.05, 4.69) is 32.3 Å². The molecule has 2 aromatic rings. The number of carbonyl (C=O) groups excluding carboxylic acids is 1. The first-order chi connectivity index (χ1) is 13.1. The number of benzene rings is 1. The van der Waals surface area contributed by atoms with Crippen molar-refractivity contribution in [3.05, 3.63) is 54.1 Å². The van der Waals surface area contributed by atoms with Gasteiger partial charge in [-0.2, -0.15) is 0 Å². The van der Waals surface area contributed by atoms with Gasteiger partial charge in [0, 0.05) is 43.6 Å². The third-order valence-electron chi connectivity index (χ3n) is 4.88. The number of nitrogens with one attached hydrogen (secondary N) is 2. The van der Waals surface area contributed by atoms with Crippen molar-refractivity contribution < 1.29 is 9.18 Å². The van der Waals surface area contributed by atoms with E-state index in [-0.39, 0.29) is 17.9 Å². The zero-order chi connectivity index (χ0) is 19.2. The first-order valence-electron chi connectivity index (χ1n) is 9.31. The number of anilines is 2. The van der Waals surface area contributed by atoms with Crippen LogP contribution in [0.2, 0.25) is 0 Å². The smallest absolute Gasteiger partial charge is 0.319 e. The Hall–Kier alpha value is -2.67. The quantitative estimate of drug-likeness (QED) is 0.847. The molecule has 6 nitrogen and oxygen atoms in total. The molecule has 2 N–H and O–H groups in total. The van der Waals surface area contributed by atoms with Crippen LogP contribution in [0.25, 0.3) is 0 Å². The minimum absolute atomic E-state index is 0.303. The van der Waals surface area contributed by atoms with E-state index in [0.717, 1.165) is 44.0 Å². The number of aromatic nitrogens is 1. The molecule has 1 fully saturated rings. The highest BCUT2D eigenvalue weighted by Gasteiger charge is 2.21. The second-order valence-corrected chi connectivity index (χ2v) is 6.69. The highest BCUT2D eigenvalue weighted by Crippen LogP contribution is 2.28. The molecule has 1 aromatic carbocycles. The zero-order valence-electron chi connectivity index (χ0n) is 15.8. The van der Waals surface area contributed by atoms with Gasteiger partial charge in [-0.05, 0) is 43.8 Å². The summed E-state index contributed by atoms with van der Waals surface area (Å²) in [7, 11) is 0. The molecule has 2 heterocycles. The Bertz CT molecular complexity index is 762. The van der Waals surface area contributed by atoms with Gasteiger partial charge >= 0.3 is 6.03 Å². The van der Waals surface area contributed by atoms with Crippen molar-refractivity contribution in [2.45, 2.75) is 19.9 Å². The largest absolute Gasteiger partial charge is 0.369 e. The minimum Gasteiger partial charge on any atom is -0.369 e. The van der Waals surface area contributed by atoms with Crippen molar-refractivity contribution in [1.29, 1.82) is 0 Å². The number of hydrogen-bond acceptors (Lipinski definition) is 4. The molecule has 3 rings (SSSR count). The fourth-order valence-corrected chi connectivity index (χ4v) is 3.34. The maximum absolute atomic E-state index is 13.9. The standard InChI is InChI=1S/C20H26FN5O/c1-3-25-9-11-26(12-10-25)19-7-6-16(21)13-18(19)15(2)23-20(27)24-17-5-4-8-22-14-17/h4-8,13-15H,3,9-12H2,1-2H3,(H2,23,24,27). The topological polar surface area (TPSA) is 60.5 Å². The summed E-state index contributed by atoms with van der Waals surface area (Å²) in [5.41, 5.74) is 2.36. The lowest BCUT2D eigenvalue weighted by Crippen LogP contribution is -2.46. The summed E-state index contributed by atoms with van der Waals surface area (Å²) in [6.45, 7) is 8.81. The molecule has 0 spiro atoms. The number of halogens is 1. The molecule has 0 radical (unpaired) electrons. The van der Waals surface area contributed by atoms with Crippen LogP contribution in [0, 0.1) is 5.82 Å². The summed E-state index contributed by atoms with van der Waals surface area (Å²) < 4.78 is 13.9. The number of urea groups is 1. The first-order valence-corrected chi connectivity index (χ1v) is 9.31. The highest BCUT2D eigenvalue weighted by atomic mass is 19.1. The Kier molecular flexibility index (Phi) is 6.24. The molecule has 0 saturated carbocycles. The predicted octanol–water partition coefficient (Wildman–Crippen LogP) is 3.25. The summed E-state index contributed by atoms with van der Waals surface area (Å²) in [5.74, 6) is -0.303. The molecule has 1 atom stereocenters. The van der Waals surface area contributed by atoms with E-state index in [1.54, 1.807) is 24.5 Å². The van der Waals surface area contributed by atoms with Gasteiger partial charge < -0.3 is 20.4 Å². The normalized spacial score (nSPS) is 16.0. The molecule has 2 amide bonds. The molecule has 1 aromatic heterocycles. The number of carbonyl (C=O) groups is 1. The molecule has 144 valence electrons. The molecule has 1 saturated heterocycles. The SMILES string of the molecule is CCN1CCN(c2ccc(F)cc2C(C)NC(=O)Nc2cccnc2)CC1. The second-order valence-electron chi connectivity index (χ2n) is 6.69. The molecule has 0 bridgehead atoms. The van der Waals surface area contributed by atoms with Crippen LogP contribution in [-0.2, 0) is 0 Å². The van der Waals surface area contributed by atoms with E-state index in [0.29, 0.717) is 5.69 Å². The van der Waals surface area contributed by atoms with E-state index >= 15 is 0 Å². The van der Waals surface area contributed by atoms with Gasteiger partial charge in [-0.3, -0.25) is 4.98 Å². The molecule has 1 aliphatic heterocycles. The van der Waals surface area contributed by atoms with E-state index in [1.807, 2.05) is 13.0 Å². The Morgan fingerprint density at radius 2 is 2.04 bits per heavy atom. The lowest BCUT2D eigenvalue weighted by atomic mass is 10.0. The van der Waals surface area contributed by atoms with E-state index in [4.69, 9.17) is 0 Å². The molecule has 1 aliphatic rings. The maximum Gasteiger partial charge on any atom is 0.319 e. The maximum atomic E-state index is 13.9. The van der Waals surface area contributed by atoms with E-state index in [1.165, 1.54) is 12.1 Å². The summed E-state index contributed by atoms with van der Waals surface area (Å²) in [4.78, 5) is 20.9. The highest BCUT2D eigenvalue weighted by molar-refractivity contribution is 5.89. The van der Waals surface area contributed by atoms with Crippen molar-refractivity contribution in [2.75, 3.05) is 42.9 Å².